The molecule has 1 aliphatic rings. The minimum Gasteiger partial charge on any atom is -0.366 e. The average Bonchev–Trinajstić information content (AvgIpc) is 3.28. The minimum absolute atomic E-state index is 0.0345. The van der Waals surface area contributed by atoms with Crippen LogP contribution in [0.5, 0.6) is 0 Å². The lowest BCUT2D eigenvalue weighted by Crippen LogP contribution is -2.37. The number of hydrogen-bond donors (Lipinski definition) is 2. The zero-order chi connectivity index (χ0) is 37.0. The zero-order valence-corrected chi connectivity index (χ0v) is 30.3. The van der Waals surface area contributed by atoms with Crippen LogP contribution >= 0.6 is 0 Å². The number of hydrogen-bond acceptors (Lipinski definition) is 6. The predicted octanol–water partition coefficient (Wildman–Crippen LogP) is 11.7. The molecule has 5 heterocycles. The van der Waals surface area contributed by atoms with Crippen LogP contribution < -0.4 is 10.6 Å². The van der Waals surface area contributed by atoms with E-state index < -0.39 is 0 Å². The van der Waals surface area contributed by atoms with Crippen molar-refractivity contribution < 1.29 is 0 Å². The molecule has 56 heavy (non-hydrogen) atoms. The Bertz CT molecular complexity index is 2970. The van der Waals surface area contributed by atoms with E-state index in [1.54, 1.807) is 0 Å². The molecular weight excluding hydrogens is 685 g/mol. The highest BCUT2D eigenvalue weighted by Gasteiger charge is 2.29. The standard InChI is InChI=1S/C50H34N6/c1-3-9-31(10-4-1)35-17-20-43-44(30-35)55-50(56-45(43)32-11-5-2-6-12-32)38-28-36(39-21-25-53-48-41(39)18-15-33-13-7-23-51-46(33)48)27-37(29-38)40-22-26-54-49-42(40)19-16-34-14-8-24-52-47(34)49/h1-30,45,50,55-56H. The number of benzene rings is 6. The number of aromatic nitrogens is 4. The van der Waals surface area contributed by atoms with Crippen LogP contribution in [0.2, 0.25) is 0 Å². The van der Waals surface area contributed by atoms with Gasteiger partial charge >= 0.3 is 0 Å². The Morgan fingerprint density at radius 3 is 1.61 bits per heavy atom. The lowest BCUT2D eigenvalue weighted by atomic mass is 9.89. The van der Waals surface area contributed by atoms with Crippen molar-refractivity contribution in [2.75, 3.05) is 5.32 Å². The molecule has 10 aromatic rings. The second-order valence-corrected chi connectivity index (χ2v) is 14.4. The van der Waals surface area contributed by atoms with Gasteiger partial charge in [0, 0.05) is 52.0 Å². The SMILES string of the molecule is c1ccc(-c2ccc3c(c2)NC(c2cc(-c4ccnc5c4ccc4cccnc45)cc(-c4ccnc5c4ccc4cccnc45)c2)NC3c2ccccc2)cc1. The third-order valence-corrected chi connectivity index (χ3v) is 11.1. The van der Waals surface area contributed by atoms with E-state index in [-0.39, 0.29) is 12.2 Å². The predicted molar refractivity (Wildman–Crippen MR) is 228 cm³/mol. The van der Waals surface area contributed by atoms with Crippen LogP contribution in [0.4, 0.5) is 5.69 Å². The summed E-state index contributed by atoms with van der Waals surface area (Å²) in [5.74, 6) is 0. The molecule has 1 aliphatic heterocycles. The van der Waals surface area contributed by atoms with Crippen LogP contribution in [0.1, 0.15) is 28.9 Å². The molecule has 0 bridgehead atoms. The molecule has 2 unspecified atom stereocenters. The van der Waals surface area contributed by atoms with E-state index in [9.17, 15) is 0 Å². The minimum atomic E-state index is -0.219. The summed E-state index contributed by atoms with van der Waals surface area (Å²) in [6, 6.07) is 56.0. The maximum absolute atomic E-state index is 4.86. The van der Waals surface area contributed by atoms with Gasteiger partial charge in [-0.05, 0) is 98.6 Å². The Balaban J connectivity index is 1.13. The highest BCUT2D eigenvalue weighted by molar-refractivity contribution is 6.10. The fraction of sp³-hybridized carbons (Fsp3) is 0.0400. The fourth-order valence-corrected chi connectivity index (χ4v) is 8.44. The Labute approximate surface area is 323 Å². The second kappa shape index (κ2) is 13.2. The Kier molecular flexibility index (Phi) is 7.60. The Morgan fingerprint density at radius 1 is 0.393 bits per heavy atom. The van der Waals surface area contributed by atoms with Crippen molar-refractivity contribution in [1.82, 2.24) is 25.3 Å². The molecular formula is C50H34N6. The number of rotatable bonds is 5. The van der Waals surface area contributed by atoms with Gasteiger partial charge < -0.3 is 5.32 Å². The molecule has 11 rings (SSSR count). The number of fused-ring (bicyclic) bond motifs is 7. The molecule has 264 valence electrons. The molecule has 0 spiro atoms. The van der Waals surface area contributed by atoms with Gasteiger partial charge in [-0.25, -0.2) is 0 Å². The number of nitrogens with one attached hydrogen (secondary N) is 2. The third kappa shape index (κ3) is 5.46. The van der Waals surface area contributed by atoms with Crippen molar-refractivity contribution in [2.45, 2.75) is 12.2 Å². The van der Waals surface area contributed by atoms with Gasteiger partial charge in [-0.1, -0.05) is 109 Å². The van der Waals surface area contributed by atoms with Gasteiger partial charge in [0.15, 0.2) is 0 Å². The molecule has 0 saturated carbocycles. The van der Waals surface area contributed by atoms with Crippen LogP contribution in [0.3, 0.4) is 0 Å². The molecule has 0 fully saturated rings. The number of anilines is 1. The lowest BCUT2D eigenvalue weighted by Gasteiger charge is -2.36. The summed E-state index contributed by atoms with van der Waals surface area (Å²) in [6.45, 7) is 0. The first-order valence-corrected chi connectivity index (χ1v) is 18.9. The maximum atomic E-state index is 4.86. The molecule has 6 nitrogen and oxygen atoms in total. The van der Waals surface area contributed by atoms with Gasteiger partial charge in [0.25, 0.3) is 0 Å². The monoisotopic (exact) mass is 718 g/mol. The average molecular weight is 719 g/mol. The highest BCUT2D eigenvalue weighted by atomic mass is 15.2. The number of pyridine rings is 4. The van der Waals surface area contributed by atoms with Gasteiger partial charge in [-0.3, -0.25) is 25.3 Å². The summed E-state index contributed by atoms with van der Waals surface area (Å²) >= 11 is 0. The van der Waals surface area contributed by atoms with Gasteiger partial charge in [0.1, 0.15) is 6.17 Å². The van der Waals surface area contributed by atoms with Crippen molar-refractivity contribution >= 4 is 49.3 Å². The summed E-state index contributed by atoms with van der Waals surface area (Å²) in [5.41, 5.74) is 14.9. The molecule has 6 heteroatoms. The zero-order valence-electron chi connectivity index (χ0n) is 30.3. The summed E-state index contributed by atoms with van der Waals surface area (Å²) in [7, 11) is 0. The fourth-order valence-electron chi connectivity index (χ4n) is 8.44. The summed E-state index contributed by atoms with van der Waals surface area (Å²) in [6.07, 6.45) is 7.27. The molecule has 2 atom stereocenters. The van der Waals surface area contributed by atoms with E-state index in [0.29, 0.717) is 0 Å². The van der Waals surface area contributed by atoms with E-state index in [2.05, 4.69) is 156 Å². The second-order valence-electron chi connectivity index (χ2n) is 14.4. The van der Waals surface area contributed by atoms with E-state index in [1.165, 1.54) is 22.3 Å². The molecule has 0 amide bonds. The van der Waals surface area contributed by atoms with E-state index in [4.69, 9.17) is 19.9 Å². The summed E-state index contributed by atoms with van der Waals surface area (Å²) in [5, 5.41) is 12.2. The molecule has 6 aromatic carbocycles. The van der Waals surface area contributed by atoms with Crippen LogP contribution in [0, 0.1) is 0 Å². The summed E-state index contributed by atoms with van der Waals surface area (Å²) in [4.78, 5) is 19.2. The van der Waals surface area contributed by atoms with Gasteiger partial charge in [0.05, 0.1) is 28.1 Å². The van der Waals surface area contributed by atoms with Crippen LogP contribution in [-0.4, -0.2) is 19.9 Å². The van der Waals surface area contributed by atoms with E-state index >= 15 is 0 Å². The normalized spacial score (nSPS) is 15.2. The van der Waals surface area contributed by atoms with Gasteiger partial charge in [-0.15, -0.1) is 0 Å². The van der Waals surface area contributed by atoms with Gasteiger partial charge in [-0.2, -0.15) is 0 Å². The topological polar surface area (TPSA) is 75.6 Å². The largest absolute Gasteiger partial charge is 0.366 e. The first kappa shape index (κ1) is 32.2. The van der Waals surface area contributed by atoms with Crippen molar-refractivity contribution in [1.29, 1.82) is 0 Å². The van der Waals surface area contributed by atoms with E-state index in [1.807, 2.05) is 36.9 Å². The van der Waals surface area contributed by atoms with Crippen molar-refractivity contribution in [3.8, 4) is 33.4 Å². The first-order valence-electron chi connectivity index (χ1n) is 18.9. The molecule has 4 aromatic heterocycles. The lowest BCUT2D eigenvalue weighted by molar-refractivity contribution is 0.506. The van der Waals surface area contributed by atoms with Crippen molar-refractivity contribution in [3.63, 3.8) is 0 Å². The smallest absolute Gasteiger partial charge is 0.104 e. The highest BCUT2D eigenvalue weighted by Crippen LogP contribution is 2.42. The first-order chi connectivity index (χ1) is 27.7. The maximum Gasteiger partial charge on any atom is 0.104 e. The van der Waals surface area contributed by atoms with Crippen LogP contribution in [-0.2, 0) is 0 Å². The quantitative estimate of drug-likeness (QED) is 0.173. The Morgan fingerprint density at radius 2 is 0.982 bits per heavy atom. The molecule has 0 radical (unpaired) electrons. The van der Waals surface area contributed by atoms with Crippen LogP contribution in [0.25, 0.3) is 77.0 Å². The number of nitrogens with zero attached hydrogens (tertiary/aromatic N) is 4. The van der Waals surface area contributed by atoms with E-state index in [0.717, 1.165) is 77.1 Å². The molecule has 2 N–H and O–H groups in total. The van der Waals surface area contributed by atoms with Gasteiger partial charge in [0.2, 0.25) is 0 Å². The van der Waals surface area contributed by atoms with Crippen molar-refractivity contribution in [3.05, 3.63) is 199 Å². The molecule has 0 aliphatic carbocycles. The Hall–Kier alpha value is -7.28. The third-order valence-electron chi connectivity index (χ3n) is 11.1. The molecule has 0 saturated heterocycles. The van der Waals surface area contributed by atoms with Crippen molar-refractivity contribution in [2.24, 2.45) is 0 Å². The van der Waals surface area contributed by atoms with Crippen LogP contribution in [0.15, 0.2) is 183 Å². The summed E-state index contributed by atoms with van der Waals surface area (Å²) < 4.78 is 0.